The molecule has 0 radical (unpaired) electrons. The Morgan fingerprint density at radius 3 is 2.95 bits per heavy atom. The van der Waals surface area contributed by atoms with Gasteiger partial charge in [0, 0.05) is 0 Å². The minimum atomic E-state index is 0.0182. The molecule has 1 aromatic carbocycles. The Bertz CT molecular complexity index is 470. The van der Waals surface area contributed by atoms with Gasteiger partial charge in [-0.2, -0.15) is 0 Å². The van der Waals surface area contributed by atoms with Crippen LogP contribution in [0.15, 0.2) is 29.4 Å². The number of aryl methyl sites for hydroxylation is 1. The Balaban J connectivity index is 1.57. The Morgan fingerprint density at radius 1 is 1.43 bits per heavy atom. The number of hydrogen-bond acceptors (Lipinski definition) is 3. The van der Waals surface area contributed by atoms with Crippen LogP contribution in [-0.2, 0) is 4.79 Å². The third kappa shape index (κ3) is 6.68. The van der Waals surface area contributed by atoms with E-state index in [4.69, 9.17) is 0 Å². The topological polar surface area (TPSA) is 41.5 Å². The van der Waals surface area contributed by atoms with Crippen LogP contribution in [0.5, 0.6) is 0 Å². The molecule has 0 bridgehead atoms. The van der Waals surface area contributed by atoms with Gasteiger partial charge in [0.2, 0.25) is 0 Å². The zero-order valence-electron chi connectivity index (χ0n) is 12.4. The van der Waals surface area contributed by atoms with Crippen molar-refractivity contribution in [1.29, 1.82) is 0 Å². The first-order chi connectivity index (χ1) is 10.2. The fourth-order valence-electron chi connectivity index (χ4n) is 2.11. The van der Waals surface area contributed by atoms with Gasteiger partial charge < -0.3 is 0 Å². The van der Waals surface area contributed by atoms with Crippen LogP contribution in [0.25, 0.3) is 0 Å². The molecule has 1 heterocycles. The van der Waals surface area contributed by atoms with Crippen LogP contribution in [0.2, 0.25) is 4.82 Å². The predicted octanol–water partition coefficient (Wildman–Crippen LogP) is 3.55. The first kappa shape index (κ1) is 16.6. The van der Waals surface area contributed by atoms with Crippen LogP contribution < -0.4 is 5.43 Å². The van der Waals surface area contributed by atoms with E-state index in [1.54, 1.807) is 6.21 Å². The van der Waals surface area contributed by atoms with Gasteiger partial charge in [0.25, 0.3) is 0 Å². The van der Waals surface area contributed by atoms with Crippen molar-refractivity contribution in [2.75, 3.05) is 5.75 Å². The third-order valence-electron chi connectivity index (χ3n) is 3.39. The van der Waals surface area contributed by atoms with E-state index >= 15 is 0 Å². The fraction of sp³-hybridized carbons (Fsp3) is 0.500. The Morgan fingerprint density at radius 2 is 2.24 bits per heavy atom. The molecule has 0 saturated carbocycles. The second-order valence-electron chi connectivity index (χ2n) is 5.28. The van der Waals surface area contributed by atoms with Gasteiger partial charge in [-0.3, -0.25) is 0 Å². The summed E-state index contributed by atoms with van der Waals surface area (Å²) >= 11 is 0.792. The Hall–Kier alpha value is -0.771. The standard InChI is InChI=1S/C16H22N2OSSe/c1-13-6-8-14(9-7-13)12-17-18-16(19)5-3-2-4-15-10-11-20-21-15/h6-9,12,15H,2-5,10-11H2,1H3,(H,18,19)/b17-12+. The summed E-state index contributed by atoms with van der Waals surface area (Å²) in [5, 5.41) is 4.00. The zero-order valence-corrected chi connectivity index (χ0v) is 14.9. The average Bonchev–Trinajstić information content (AvgIpc) is 2.99. The van der Waals surface area contributed by atoms with Gasteiger partial charge in [-0.25, -0.2) is 0 Å². The number of nitrogens with zero attached hydrogens (tertiary/aromatic N) is 1. The monoisotopic (exact) mass is 370 g/mol. The van der Waals surface area contributed by atoms with E-state index in [0.717, 1.165) is 30.6 Å². The van der Waals surface area contributed by atoms with Crippen LogP contribution in [0.3, 0.4) is 0 Å². The van der Waals surface area contributed by atoms with Gasteiger partial charge in [0.1, 0.15) is 0 Å². The summed E-state index contributed by atoms with van der Waals surface area (Å²) in [5.74, 6) is 1.36. The number of carbonyl (C=O) groups is 1. The molecule has 21 heavy (non-hydrogen) atoms. The predicted molar refractivity (Wildman–Crippen MR) is 92.0 cm³/mol. The SMILES string of the molecule is Cc1ccc(/C=N/NC(=O)CCCCC2CCS[Se]2)cc1. The number of unbranched alkanes of at least 4 members (excludes halogenated alkanes) is 1. The molecular formula is C16H22N2OSSe. The number of hydrazone groups is 1. The van der Waals surface area contributed by atoms with Crippen molar-refractivity contribution >= 4 is 36.1 Å². The van der Waals surface area contributed by atoms with E-state index in [9.17, 15) is 4.79 Å². The first-order valence-corrected chi connectivity index (χ1v) is 11.4. The van der Waals surface area contributed by atoms with Crippen molar-refractivity contribution in [2.24, 2.45) is 5.10 Å². The quantitative estimate of drug-likeness (QED) is 0.346. The molecule has 5 heteroatoms. The molecule has 0 aromatic heterocycles. The van der Waals surface area contributed by atoms with Crippen LogP contribution in [0, 0.1) is 6.92 Å². The minimum absolute atomic E-state index is 0.0182. The molecular weight excluding hydrogens is 347 g/mol. The van der Waals surface area contributed by atoms with E-state index < -0.39 is 0 Å². The molecule has 1 unspecified atom stereocenters. The number of nitrogens with one attached hydrogen (secondary N) is 1. The molecule has 1 N–H and O–H groups in total. The van der Waals surface area contributed by atoms with Crippen molar-refractivity contribution in [3.05, 3.63) is 35.4 Å². The Kier molecular flexibility index (Phi) is 7.34. The molecule has 114 valence electrons. The number of carbonyl (C=O) groups excluding carboxylic acids is 1. The van der Waals surface area contributed by atoms with Gasteiger partial charge >= 0.3 is 124 Å². The van der Waals surface area contributed by atoms with Crippen molar-refractivity contribution in [1.82, 2.24) is 5.43 Å². The van der Waals surface area contributed by atoms with E-state index in [1.165, 1.54) is 30.6 Å². The molecule has 1 fully saturated rings. The van der Waals surface area contributed by atoms with Crippen molar-refractivity contribution < 1.29 is 4.79 Å². The molecule has 2 rings (SSSR count). The molecule has 3 nitrogen and oxygen atoms in total. The summed E-state index contributed by atoms with van der Waals surface area (Å²) in [5.41, 5.74) is 4.83. The zero-order chi connectivity index (χ0) is 14.9. The molecule has 1 aliphatic heterocycles. The van der Waals surface area contributed by atoms with Crippen LogP contribution in [-0.4, -0.2) is 31.7 Å². The maximum absolute atomic E-state index is 11.7. The summed E-state index contributed by atoms with van der Waals surface area (Å²) in [6.45, 7) is 2.05. The van der Waals surface area contributed by atoms with Gasteiger partial charge in [-0.15, -0.1) is 0 Å². The van der Waals surface area contributed by atoms with Gasteiger partial charge in [0.05, 0.1) is 0 Å². The second-order valence-corrected chi connectivity index (χ2v) is 10.2. The summed E-state index contributed by atoms with van der Waals surface area (Å²) in [7, 11) is 2.12. The van der Waals surface area contributed by atoms with Gasteiger partial charge in [0.15, 0.2) is 0 Å². The van der Waals surface area contributed by atoms with Crippen LogP contribution in [0.4, 0.5) is 0 Å². The molecule has 1 aliphatic rings. The van der Waals surface area contributed by atoms with Crippen LogP contribution in [0.1, 0.15) is 43.2 Å². The molecule has 0 aliphatic carbocycles. The normalized spacial score (nSPS) is 18.2. The summed E-state index contributed by atoms with van der Waals surface area (Å²) in [6.07, 6.45) is 7.10. The number of hydrogen-bond donors (Lipinski definition) is 1. The van der Waals surface area contributed by atoms with Crippen molar-refractivity contribution in [3.63, 3.8) is 0 Å². The third-order valence-corrected chi connectivity index (χ3v) is 8.81. The first-order valence-electron chi connectivity index (χ1n) is 7.41. The summed E-state index contributed by atoms with van der Waals surface area (Å²) in [4.78, 5) is 12.6. The number of rotatable bonds is 7. The van der Waals surface area contributed by atoms with Gasteiger partial charge in [-0.05, 0) is 6.92 Å². The van der Waals surface area contributed by atoms with Crippen molar-refractivity contribution in [3.8, 4) is 0 Å². The molecule has 1 aromatic rings. The van der Waals surface area contributed by atoms with Crippen LogP contribution >= 0.6 is 10.2 Å². The van der Waals surface area contributed by atoms with Crippen molar-refractivity contribution in [2.45, 2.75) is 43.8 Å². The molecule has 0 spiro atoms. The van der Waals surface area contributed by atoms with E-state index in [-0.39, 0.29) is 5.91 Å². The average molecular weight is 369 g/mol. The fourth-order valence-corrected chi connectivity index (χ4v) is 7.54. The van der Waals surface area contributed by atoms with Gasteiger partial charge in [-0.1, -0.05) is 5.56 Å². The number of benzene rings is 1. The number of amides is 1. The Labute approximate surface area is 136 Å². The molecule has 1 amide bonds. The second kappa shape index (κ2) is 9.29. The molecule has 1 atom stereocenters. The molecule has 1 saturated heterocycles. The van der Waals surface area contributed by atoms with E-state index in [0.29, 0.717) is 6.42 Å². The van der Waals surface area contributed by atoms with E-state index in [1.807, 2.05) is 31.2 Å². The summed E-state index contributed by atoms with van der Waals surface area (Å²) in [6, 6.07) is 8.05. The van der Waals surface area contributed by atoms with E-state index in [2.05, 4.69) is 20.7 Å². The summed E-state index contributed by atoms with van der Waals surface area (Å²) < 4.78 is 0. The maximum atomic E-state index is 11.7.